The molecule has 0 aliphatic heterocycles. The summed E-state index contributed by atoms with van der Waals surface area (Å²) in [6, 6.07) is 0. The maximum Gasteiger partial charge on any atom is 0.106 e. The SMILES string of the molecule is CO/N=C(\C)C1=CC[C@@H]2[C@H]1C2(C)C. The van der Waals surface area contributed by atoms with Gasteiger partial charge >= 0.3 is 0 Å². The van der Waals surface area contributed by atoms with E-state index in [1.807, 2.05) is 6.92 Å². The number of rotatable bonds is 2. The molecule has 0 N–H and O–H groups in total. The van der Waals surface area contributed by atoms with Crippen molar-refractivity contribution in [1.29, 1.82) is 0 Å². The summed E-state index contributed by atoms with van der Waals surface area (Å²) in [6.07, 6.45) is 3.54. The monoisotopic (exact) mass is 179 g/mol. The number of oxime groups is 1. The van der Waals surface area contributed by atoms with Gasteiger partial charge in [0.05, 0.1) is 5.71 Å². The van der Waals surface area contributed by atoms with Crippen molar-refractivity contribution in [2.75, 3.05) is 7.11 Å². The van der Waals surface area contributed by atoms with E-state index < -0.39 is 0 Å². The number of hydrogen-bond acceptors (Lipinski definition) is 2. The van der Waals surface area contributed by atoms with E-state index in [-0.39, 0.29) is 0 Å². The molecule has 1 fully saturated rings. The largest absolute Gasteiger partial charge is 0.399 e. The molecule has 2 atom stereocenters. The minimum absolute atomic E-state index is 0.509. The van der Waals surface area contributed by atoms with Crippen LogP contribution >= 0.6 is 0 Å². The number of nitrogens with zero attached hydrogens (tertiary/aromatic N) is 1. The number of hydrogen-bond donors (Lipinski definition) is 0. The Kier molecular flexibility index (Phi) is 1.76. The molecular weight excluding hydrogens is 162 g/mol. The van der Waals surface area contributed by atoms with Crippen LogP contribution in [-0.2, 0) is 4.84 Å². The van der Waals surface area contributed by atoms with Crippen LogP contribution in [0.25, 0.3) is 0 Å². The summed E-state index contributed by atoms with van der Waals surface area (Å²) < 4.78 is 0. The molecule has 0 aromatic carbocycles. The molecule has 2 heteroatoms. The molecule has 1 saturated carbocycles. The molecule has 2 rings (SSSR count). The minimum atomic E-state index is 0.509. The number of fused-ring (bicyclic) bond motifs is 1. The Balaban J connectivity index is 2.16. The molecule has 72 valence electrons. The summed E-state index contributed by atoms with van der Waals surface area (Å²) in [5.74, 6) is 1.61. The van der Waals surface area contributed by atoms with Gasteiger partial charge in [-0.3, -0.25) is 0 Å². The van der Waals surface area contributed by atoms with Crippen molar-refractivity contribution in [2.45, 2.75) is 27.2 Å². The fourth-order valence-electron chi connectivity index (χ4n) is 2.74. The lowest BCUT2D eigenvalue weighted by molar-refractivity contribution is 0.213. The first-order valence-electron chi connectivity index (χ1n) is 4.87. The van der Waals surface area contributed by atoms with Gasteiger partial charge < -0.3 is 4.84 Å². The highest BCUT2D eigenvalue weighted by atomic mass is 16.6. The average Bonchev–Trinajstić information content (AvgIpc) is 2.51. The fraction of sp³-hybridized carbons (Fsp3) is 0.727. The van der Waals surface area contributed by atoms with Crippen LogP contribution in [-0.4, -0.2) is 12.8 Å². The van der Waals surface area contributed by atoms with E-state index >= 15 is 0 Å². The van der Waals surface area contributed by atoms with Crippen LogP contribution in [0.4, 0.5) is 0 Å². The molecule has 0 aromatic heterocycles. The zero-order valence-corrected chi connectivity index (χ0v) is 8.79. The second kappa shape index (κ2) is 2.60. The summed E-state index contributed by atoms with van der Waals surface area (Å²) in [6.45, 7) is 6.72. The van der Waals surface area contributed by atoms with Crippen LogP contribution in [0.3, 0.4) is 0 Å². The molecule has 13 heavy (non-hydrogen) atoms. The summed E-state index contributed by atoms with van der Waals surface area (Å²) >= 11 is 0. The highest BCUT2D eigenvalue weighted by Crippen LogP contribution is 2.66. The smallest absolute Gasteiger partial charge is 0.106 e. The molecule has 0 amide bonds. The summed E-state index contributed by atoms with van der Waals surface area (Å²) in [4.78, 5) is 4.80. The first-order valence-corrected chi connectivity index (χ1v) is 4.87. The van der Waals surface area contributed by atoms with E-state index in [1.165, 1.54) is 12.0 Å². The van der Waals surface area contributed by atoms with Gasteiger partial charge in [-0.25, -0.2) is 0 Å². The van der Waals surface area contributed by atoms with Crippen molar-refractivity contribution >= 4 is 5.71 Å². The molecule has 0 radical (unpaired) electrons. The number of allylic oxidation sites excluding steroid dienone is 2. The lowest BCUT2D eigenvalue weighted by atomic mass is 9.98. The van der Waals surface area contributed by atoms with E-state index in [4.69, 9.17) is 4.84 Å². The lowest BCUT2D eigenvalue weighted by Gasteiger charge is -2.08. The molecule has 2 aliphatic carbocycles. The lowest BCUT2D eigenvalue weighted by Crippen LogP contribution is -2.04. The van der Waals surface area contributed by atoms with Gasteiger partial charge in [-0.1, -0.05) is 25.1 Å². The van der Waals surface area contributed by atoms with E-state index in [0.29, 0.717) is 5.41 Å². The molecule has 0 spiro atoms. The Morgan fingerprint density at radius 1 is 1.62 bits per heavy atom. The van der Waals surface area contributed by atoms with Crippen molar-refractivity contribution < 1.29 is 4.84 Å². The van der Waals surface area contributed by atoms with Gasteiger partial charge in [0, 0.05) is 0 Å². The van der Waals surface area contributed by atoms with E-state index in [2.05, 4.69) is 25.1 Å². The Bertz CT molecular complexity index is 288. The molecular formula is C11H17NO. The van der Waals surface area contributed by atoms with Crippen molar-refractivity contribution in [1.82, 2.24) is 0 Å². The van der Waals surface area contributed by atoms with Crippen LogP contribution in [0.5, 0.6) is 0 Å². The normalized spacial score (nSPS) is 35.4. The van der Waals surface area contributed by atoms with Crippen LogP contribution in [0.1, 0.15) is 27.2 Å². The van der Waals surface area contributed by atoms with Crippen molar-refractivity contribution in [3.8, 4) is 0 Å². The first kappa shape index (κ1) is 8.79. The van der Waals surface area contributed by atoms with E-state index in [1.54, 1.807) is 7.11 Å². The van der Waals surface area contributed by atoms with Crippen LogP contribution in [0.2, 0.25) is 0 Å². The first-order chi connectivity index (χ1) is 6.09. The third kappa shape index (κ3) is 1.11. The molecule has 0 bridgehead atoms. The molecule has 2 nitrogen and oxygen atoms in total. The Morgan fingerprint density at radius 3 is 2.77 bits per heavy atom. The zero-order chi connectivity index (χ0) is 9.64. The zero-order valence-electron chi connectivity index (χ0n) is 8.79. The third-order valence-electron chi connectivity index (χ3n) is 3.62. The van der Waals surface area contributed by atoms with Crippen molar-refractivity contribution in [3.05, 3.63) is 11.6 Å². The summed E-state index contributed by atoms with van der Waals surface area (Å²) in [5.41, 5.74) is 2.98. The minimum Gasteiger partial charge on any atom is -0.399 e. The van der Waals surface area contributed by atoms with E-state index in [0.717, 1.165) is 17.5 Å². The van der Waals surface area contributed by atoms with Crippen molar-refractivity contribution in [2.24, 2.45) is 22.4 Å². The third-order valence-corrected chi connectivity index (χ3v) is 3.62. The highest BCUT2D eigenvalue weighted by Gasteiger charge is 2.61. The second-order valence-corrected chi connectivity index (χ2v) is 4.66. The second-order valence-electron chi connectivity index (χ2n) is 4.66. The van der Waals surface area contributed by atoms with Crippen LogP contribution in [0.15, 0.2) is 16.8 Å². The van der Waals surface area contributed by atoms with Crippen molar-refractivity contribution in [3.63, 3.8) is 0 Å². The fourth-order valence-corrected chi connectivity index (χ4v) is 2.74. The van der Waals surface area contributed by atoms with Crippen LogP contribution < -0.4 is 0 Å². The topological polar surface area (TPSA) is 21.6 Å². The Hall–Kier alpha value is -0.790. The maximum atomic E-state index is 4.80. The van der Waals surface area contributed by atoms with Crippen LogP contribution in [0, 0.1) is 17.3 Å². The van der Waals surface area contributed by atoms with Gasteiger partial charge in [0.25, 0.3) is 0 Å². The maximum absolute atomic E-state index is 4.80. The average molecular weight is 179 g/mol. The quantitative estimate of drug-likeness (QED) is 0.471. The Labute approximate surface area is 79.7 Å². The van der Waals surface area contributed by atoms with Gasteiger partial charge in [0.1, 0.15) is 7.11 Å². The molecule has 2 aliphatic rings. The standard InChI is InChI=1S/C11H17NO/c1-7(12-13-4)8-5-6-9-10(8)11(9,2)3/h5,9-10H,6H2,1-4H3/b12-7+/t9-,10+/m1/s1. The summed E-state index contributed by atoms with van der Waals surface area (Å²) in [7, 11) is 1.61. The Morgan fingerprint density at radius 2 is 2.31 bits per heavy atom. The molecule has 0 unspecified atom stereocenters. The predicted molar refractivity (Wildman–Crippen MR) is 53.6 cm³/mol. The van der Waals surface area contributed by atoms with Gasteiger partial charge in [0.15, 0.2) is 0 Å². The molecule has 0 saturated heterocycles. The van der Waals surface area contributed by atoms with Gasteiger partial charge in [0.2, 0.25) is 0 Å². The van der Waals surface area contributed by atoms with Gasteiger partial charge in [-0.2, -0.15) is 0 Å². The molecule has 0 heterocycles. The van der Waals surface area contributed by atoms with Gasteiger partial charge in [-0.15, -0.1) is 0 Å². The molecule has 0 aromatic rings. The highest BCUT2D eigenvalue weighted by molar-refractivity contribution is 5.99. The van der Waals surface area contributed by atoms with E-state index in [9.17, 15) is 0 Å². The van der Waals surface area contributed by atoms with Gasteiger partial charge in [-0.05, 0) is 36.2 Å². The predicted octanol–water partition coefficient (Wildman–Crippen LogP) is 2.61. The summed E-state index contributed by atoms with van der Waals surface area (Å²) in [5, 5.41) is 4.00.